The van der Waals surface area contributed by atoms with Crippen LogP contribution >= 0.6 is 0 Å². The summed E-state index contributed by atoms with van der Waals surface area (Å²) in [6.45, 7) is 2.77. The lowest BCUT2D eigenvalue weighted by molar-refractivity contribution is 0.103. The van der Waals surface area contributed by atoms with Gasteiger partial charge in [0.15, 0.2) is 0 Å². The van der Waals surface area contributed by atoms with Gasteiger partial charge in [-0.25, -0.2) is 0 Å². The zero-order valence-electron chi connectivity index (χ0n) is 10.9. The van der Waals surface area contributed by atoms with Crippen LogP contribution in [0.5, 0.6) is 5.75 Å². The largest absolute Gasteiger partial charge is 0.490 e. The summed E-state index contributed by atoms with van der Waals surface area (Å²) in [5, 5.41) is 3.31. The molecule has 2 aliphatic rings. The number of nitrogens with one attached hydrogen (secondary N) is 1. The lowest BCUT2D eigenvalue weighted by Gasteiger charge is -2.29. The molecule has 3 rings (SSSR count). The molecule has 98 valence electrons. The van der Waals surface area contributed by atoms with Crippen molar-refractivity contribution < 1.29 is 9.47 Å². The highest BCUT2D eigenvalue weighted by atomic mass is 16.5. The third-order valence-corrected chi connectivity index (χ3v) is 4.11. The molecular formula is C15H21NO2. The van der Waals surface area contributed by atoms with Crippen molar-refractivity contribution in [2.45, 2.75) is 25.4 Å². The van der Waals surface area contributed by atoms with Gasteiger partial charge in [-0.05, 0) is 31.5 Å². The Labute approximate surface area is 108 Å². The van der Waals surface area contributed by atoms with Crippen molar-refractivity contribution in [3.05, 3.63) is 29.8 Å². The lowest BCUT2D eigenvalue weighted by Crippen LogP contribution is -2.37. The van der Waals surface area contributed by atoms with E-state index >= 15 is 0 Å². The maximum atomic E-state index is 6.06. The molecule has 0 aromatic heterocycles. The van der Waals surface area contributed by atoms with Gasteiger partial charge in [-0.2, -0.15) is 0 Å². The summed E-state index contributed by atoms with van der Waals surface area (Å²) in [6, 6.07) is 8.38. The number of hydrogen-bond donors (Lipinski definition) is 1. The highest BCUT2D eigenvalue weighted by Gasteiger charge is 2.38. The van der Waals surface area contributed by atoms with Crippen LogP contribution < -0.4 is 10.1 Å². The zero-order chi connectivity index (χ0) is 12.4. The van der Waals surface area contributed by atoms with Gasteiger partial charge in [-0.15, -0.1) is 0 Å². The molecule has 3 nitrogen and oxygen atoms in total. The highest BCUT2D eigenvalue weighted by molar-refractivity contribution is 5.37. The van der Waals surface area contributed by atoms with Crippen LogP contribution in [0.25, 0.3) is 0 Å². The van der Waals surface area contributed by atoms with Crippen molar-refractivity contribution in [1.29, 1.82) is 0 Å². The van der Waals surface area contributed by atoms with Gasteiger partial charge in [0.2, 0.25) is 0 Å². The second-order valence-corrected chi connectivity index (χ2v) is 5.59. The number of ether oxygens (including phenoxy) is 2. The molecule has 2 unspecified atom stereocenters. The minimum absolute atomic E-state index is 0.265. The molecule has 1 aromatic carbocycles. The Morgan fingerprint density at radius 2 is 2.28 bits per heavy atom. The van der Waals surface area contributed by atoms with E-state index in [0.717, 1.165) is 44.8 Å². The number of hydrogen-bond acceptors (Lipinski definition) is 3. The maximum absolute atomic E-state index is 6.06. The molecule has 3 heteroatoms. The van der Waals surface area contributed by atoms with Gasteiger partial charge in [-0.1, -0.05) is 18.2 Å². The summed E-state index contributed by atoms with van der Waals surface area (Å²) in [7, 11) is 2.02. The molecule has 18 heavy (non-hydrogen) atoms. The molecular weight excluding hydrogens is 226 g/mol. The summed E-state index contributed by atoms with van der Waals surface area (Å²) in [5.41, 5.74) is 1.61. The zero-order valence-corrected chi connectivity index (χ0v) is 10.9. The van der Waals surface area contributed by atoms with Crippen molar-refractivity contribution in [3.8, 4) is 5.75 Å². The van der Waals surface area contributed by atoms with Crippen molar-refractivity contribution in [2.24, 2.45) is 5.41 Å². The van der Waals surface area contributed by atoms with Gasteiger partial charge in [0.25, 0.3) is 0 Å². The molecule has 0 radical (unpaired) electrons. The molecule has 1 aromatic rings. The fourth-order valence-electron chi connectivity index (χ4n) is 3.25. The van der Waals surface area contributed by atoms with Crippen LogP contribution in [0.1, 0.15) is 18.4 Å². The average molecular weight is 247 g/mol. The summed E-state index contributed by atoms with van der Waals surface area (Å²) < 4.78 is 11.7. The van der Waals surface area contributed by atoms with Crippen LogP contribution in [-0.4, -0.2) is 32.9 Å². The maximum Gasteiger partial charge on any atom is 0.123 e. The summed E-state index contributed by atoms with van der Waals surface area (Å²) in [5.74, 6) is 1.07. The van der Waals surface area contributed by atoms with E-state index in [1.54, 1.807) is 0 Å². The number of rotatable bonds is 4. The van der Waals surface area contributed by atoms with Crippen LogP contribution in [0.4, 0.5) is 0 Å². The molecule has 1 fully saturated rings. The Morgan fingerprint density at radius 1 is 1.39 bits per heavy atom. The Bertz CT molecular complexity index is 388. The van der Waals surface area contributed by atoms with E-state index in [1.807, 2.05) is 13.1 Å². The molecule has 0 saturated carbocycles. The van der Waals surface area contributed by atoms with Gasteiger partial charge in [0.1, 0.15) is 11.9 Å². The summed E-state index contributed by atoms with van der Waals surface area (Å²) in [6.07, 6.45) is 3.59. The monoisotopic (exact) mass is 247 g/mol. The Hall–Kier alpha value is -1.06. The molecule has 2 aliphatic heterocycles. The fourth-order valence-corrected chi connectivity index (χ4v) is 3.25. The number of benzene rings is 1. The Morgan fingerprint density at radius 3 is 3.00 bits per heavy atom. The van der Waals surface area contributed by atoms with E-state index in [9.17, 15) is 0 Å². The molecule has 2 heterocycles. The SMILES string of the molecule is CNCC1(CC2Cc3ccccc3O2)CCOC1. The molecule has 0 bridgehead atoms. The third kappa shape index (κ3) is 2.25. The first-order valence-electron chi connectivity index (χ1n) is 6.78. The lowest BCUT2D eigenvalue weighted by atomic mass is 9.80. The van der Waals surface area contributed by atoms with E-state index in [4.69, 9.17) is 9.47 Å². The van der Waals surface area contributed by atoms with Gasteiger partial charge >= 0.3 is 0 Å². The minimum Gasteiger partial charge on any atom is -0.490 e. The first-order valence-corrected chi connectivity index (χ1v) is 6.78. The predicted octanol–water partition coefficient (Wildman–Crippen LogP) is 2.01. The smallest absolute Gasteiger partial charge is 0.123 e. The Kier molecular flexibility index (Phi) is 3.27. The van der Waals surface area contributed by atoms with Gasteiger partial charge in [0.05, 0.1) is 6.61 Å². The number of fused-ring (bicyclic) bond motifs is 1. The van der Waals surface area contributed by atoms with E-state index in [0.29, 0.717) is 6.10 Å². The van der Waals surface area contributed by atoms with Crippen LogP contribution in [0.2, 0.25) is 0 Å². The summed E-state index contributed by atoms with van der Waals surface area (Å²) >= 11 is 0. The van der Waals surface area contributed by atoms with Crippen LogP contribution in [0.15, 0.2) is 24.3 Å². The molecule has 1 saturated heterocycles. The van der Waals surface area contributed by atoms with Gasteiger partial charge < -0.3 is 14.8 Å². The quantitative estimate of drug-likeness (QED) is 0.883. The van der Waals surface area contributed by atoms with Crippen molar-refractivity contribution in [1.82, 2.24) is 5.32 Å². The second-order valence-electron chi connectivity index (χ2n) is 5.59. The van der Waals surface area contributed by atoms with Gasteiger partial charge in [-0.3, -0.25) is 0 Å². The van der Waals surface area contributed by atoms with Crippen LogP contribution in [-0.2, 0) is 11.2 Å². The topological polar surface area (TPSA) is 30.5 Å². The van der Waals surface area contributed by atoms with E-state index < -0.39 is 0 Å². The molecule has 0 amide bonds. The van der Waals surface area contributed by atoms with Gasteiger partial charge in [0, 0.05) is 25.0 Å². The van der Waals surface area contributed by atoms with E-state index in [2.05, 4.69) is 23.5 Å². The van der Waals surface area contributed by atoms with Crippen molar-refractivity contribution >= 4 is 0 Å². The second kappa shape index (κ2) is 4.90. The van der Waals surface area contributed by atoms with E-state index in [-0.39, 0.29) is 5.41 Å². The van der Waals surface area contributed by atoms with Crippen molar-refractivity contribution in [3.63, 3.8) is 0 Å². The fraction of sp³-hybridized carbons (Fsp3) is 0.600. The highest BCUT2D eigenvalue weighted by Crippen LogP contribution is 2.38. The average Bonchev–Trinajstić information content (AvgIpc) is 2.96. The first-order chi connectivity index (χ1) is 8.81. The third-order valence-electron chi connectivity index (χ3n) is 4.11. The molecule has 1 N–H and O–H groups in total. The molecule has 0 spiro atoms. The minimum atomic E-state index is 0.265. The first kappa shape index (κ1) is 12.0. The normalized spacial score (nSPS) is 30.2. The van der Waals surface area contributed by atoms with Crippen LogP contribution in [0.3, 0.4) is 0 Å². The standard InChI is InChI=1S/C15H21NO2/c1-16-10-15(6-7-17-11-15)9-13-8-12-4-2-3-5-14(12)18-13/h2-5,13,16H,6-11H2,1H3. The van der Waals surface area contributed by atoms with E-state index in [1.165, 1.54) is 5.56 Å². The van der Waals surface area contributed by atoms with Crippen molar-refractivity contribution in [2.75, 3.05) is 26.8 Å². The van der Waals surface area contributed by atoms with Crippen LogP contribution in [0, 0.1) is 5.41 Å². The molecule has 0 aliphatic carbocycles. The predicted molar refractivity (Wildman–Crippen MR) is 71.0 cm³/mol. The molecule has 2 atom stereocenters. The Balaban J connectivity index is 1.67. The number of para-hydroxylation sites is 1. The summed E-state index contributed by atoms with van der Waals surface area (Å²) in [4.78, 5) is 0.